The minimum absolute atomic E-state index is 0.149. The minimum Gasteiger partial charge on any atom is -0.478 e. The fourth-order valence-corrected chi connectivity index (χ4v) is 7.51. The average molecular weight is 567 g/mol. The highest BCUT2D eigenvalue weighted by Crippen LogP contribution is 2.56. The summed E-state index contributed by atoms with van der Waals surface area (Å²) in [5.74, 6) is 0.453. The molecule has 194 valence electrons. The van der Waals surface area contributed by atoms with Crippen LogP contribution in [0.2, 0.25) is 10.0 Å². The number of rotatable bonds is 5. The summed E-state index contributed by atoms with van der Waals surface area (Å²) in [5.41, 5.74) is 5.97. The zero-order valence-electron chi connectivity index (χ0n) is 20.6. The van der Waals surface area contributed by atoms with Crippen molar-refractivity contribution in [2.75, 3.05) is 18.0 Å². The first-order chi connectivity index (χ1) is 18.3. The number of carbonyl (C=O) groups is 1. The summed E-state index contributed by atoms with van der Waals surface area (Å²) >= 11 is 14.6. The van der Waals surface area contributed by atoms with E-state index >= 15 is 0 Å². The van der Waals surface area contributed by atoms with Crippen LogP contribution in [0.25, 0.3) is 27.0 Å². The number of aromatic nitrogens is 3. The lowest BCUT2D eigenvalue weighted by Gasteiger charge is -2.46. The van der Waals surface area contributed by atoms with Gasteiger partial charge in [0, 0.05) is 42.5 Å². The molecule has 7 nitrogen and oxygen atoms in total. The Morgan fingerprint density at radius 1 is 1.16 bits per heavy atom. The fraction of sp³-hybridized carbons (Fsp3) is 0.357. The Hall–Kier alpha value is -2.94. The third-order valence-corrected chi connectivity index (χ3v) is 9.69. The molecule has 38 heavy (non-hydrogen) atoms. The van der Waals surface area contributed by atoms with E-state index in [0.717, 1.165) is 77.4 Å². The number of fused-ring (bicyclic) bond motifs is 1. The summed E-state index contributed by atoms with van der Waals surface area (Å²) in [6, 6.07) is 3.43. The molecule has 1 spiro atoms. The second-order valence-electron chi connectivity index (χ2n) is 10.7. The highest BCUT2D eigenvalue weighted by atomic mass is 35.5. The number of carboxylic acids is 1. The van der Waals surface area contributed by atoms with Crippen molar-refractivity contribution in [3.63, 3.8) is 0 Å². The Morgan fingerprint density at radius 2 is 1.87 bits per heavy atom. The highest BCUT2D eigenvalue weighted by Gasteiger charge is 2.44. The summed E-state index contributed by atoms with van der Waals surface area (Å²) in [6.45, 7) is 3.73. The van der Waals surface area contributed by atoms with Crippen molar-refractivity contribution in [1.82, 2.24) is 15.1 Å². The molecular formula is C28H24Cl2N4O3S. The van der Waals surface area contributed by atoms with Crippen LogP contribution in [0, 0.1) is 12.3 Å². The normalized spacial score (nSPS) is 18.6. The molecule has 3 aromatic heterocycles. The SMILES string of the molecule is Cc1cc(C(=O)O)cc2sc(N3CCC4(C=C(c5c(-c6c(Cl)cncc6Cl)noc5C5CC5)C4)CC3)nc12. The van der Waals surface area contributed by atoms with Crippen LogP contribution in [0.4, 0.5) is 5.13 Å². The van der Waals surface area contributed by atoms with Gasteiger partial charge in [-0.2, -0.15) is 0 Å². The first-order valence-electron chi connectivity index (χ1n) is 12.7. The summed E-state index contributed by atoms with van der Waals surface area (Å²) in [6.07, 6.45) is 10.9. The van der Waals surface area contributed by atoms with E-state index in [9.17, 15) is 9.90 Å². The second kappa shape index (κ2) is 8.79. The van der Waals surface area contributed by atoms with Gasteiger partial charge in [-0.1, -0.05) is 45.8 Å². The zero-order chi connectivity index (χ0) is 26.2. The van der Waals surface area contributed by atoms with E-state index in [1.807, 2.05) is 6.92 Å². The van der Waals surface area contributed by atoms with E-state index in [1.165, 1.54) is 5.57 Å². The van der Waals surface area contributed by atoms with E-state index in [2.05, 4.69) is 21.1 Å². The van der Waals surface area contributed by atoms with Gasteiger partial charge in [-0.05, 0) is 67.7 Å². The number of benzene rings is 1. The largest absolute Gasteiger partial charge is 0.478 e. The molecule has 0 atom stereocenters. The number of pyridine rings is 1. The smallest absolute Gasteiger partial charge is 0.335 e. The molecule has 7 rings (SSSR count). The van der Waals surface area contributed by atoms with Crippen molar-refractivity contribution in [2.24, 2.45) is 5.41 Å². The number of allylic oxidation sites excluding steroid dienone is 2. The van der Waals surface area contributed by atoms with Gasteiger partial charge in [0.25, 0.3) is 0 Å². The molecule has 1 aliphatic heterocycles. The van der Waals surface area contributed by atoms with E-state index < -0.39 is 5.97 Å². The number of aromatic carboxylic acids is 1. The zero-order valence-corrected chi connectivity index (χ0v) is 23.0. The molecule has 4 heterocycles. The number of anilines is 1. The van der Waals surface area contributed by atoms with E-state index in [4.69, 9.17) is 32.7 Å². The predicted octanol–water partition coefficient (Wildman–Crippen LogP) is 7.61. The lowest BCUT2D eigenvalue weighted by molar-refractivity contribution is 0.0697. The van der Waals surface area contributed by atoms with Crippen LogP contribution in [0.3, 0.4) is 0 Å². The molecule has 1 saturated carbocycles. The maximum atomic E-state index is 11.5. The van der Waals surface area contributed by atoms with Gasteiger partial charge in [0.2, 0.25) is 0 Å². The molecule has 0 amide bonds. The van der Waals surface area contributed by atoms with Crippen molar-refractivity contribution >= 4 is 61.4 Å². The molecule has 0 bridgehead atoms. The summed E-state index contributed by atoms with van der Waals surface area (Å²) in [5, 5.41) is 15.7. The minimum atomic E-state index is -0.910. The molecule has 2 aliphatic carbocycles. The van der Waals surface area contributed by atoms with Crippen LogP contribution in [0.15, 0.2) is 35.1 Å². The number of thiazole rings is 1. The molecule has 1 N–H and O–H groups in total. The summed E-state index contributed by atoms with van der Waals surface area (Å²) < 4.78 is 6.79. The monoisotopic (exact) mass is 566 g/mol. The lowest BCUT2D eigenvalue weighted by Crippen LogP contribution is -2.42. The fourth-order valence-electron chi connectivity index (χ4n) is 5.83. The Bertz CT molecular complexity index is 1630. The molecule has 10 heteroatoms. The quantitative estimate of drug-likeness (QED) is 0.265. The van der Waals surface area contributed by atoms with Gasteiger partial charge in [0.1, 0.15) is 11.5 Å². The topological polar surface area (TPSA) is 92.3 Å². The molecule has 3 aliphatic rings. The molecule has 1 saturated heterocycles. The molecule has 0 unspecified atom stereocenters. The van der Waals surface area contributed by atoms with Gasteiger partial charge < -0.3 is 14.5 Å². The van der Waals surface area contributed by atoms with Gasteiger partial charge in [-0.15, -0.1) is 0 Å². The van der Waals surface area contributed by atoms with Crippen LogP contribution < -0.4 is 4.90 Å². The van der Waals surface area contributed by atoms with E-state index in [0.29, 0.717) is 32.8 Å². The van der Waals surface area contributed by atoms with Crippen LogP contribution in [0.1, 0.15) is 65.3 Å². The Labute approximate surface area is 233 Å². The standard InChI is InChI=1S/C28H24Cl2N4O3S/c1-14-8-16(26(35)36)9-20-23(14)32-27(38-20)34-6-4-28(5-7-34)10-17(11-28)21-24(33-37-25(21)15-2-3-15)22-18(29)12-31-13-19(22)30/h8-10,12-13,15H,2-7,11H2,1H3,(H,35,36). The van der Waals surface area contributed by atoms with Crippen LogP contribution in [-0.2, 0) is 0 Å². The Balaban J connectivity index is 1.14. The van der Waals surface area contributed by atoms with Crippen LogP contribution in [-0.4, -0.2) is 39.3 Å². The third-order valence-electron chi connectivity index (χ3n) is 8.05. The van der Waals surface area contributed by atoms with Gasteiger partial charge in [-0.3, -0.25) is 4.98 Å². The Kier molecular flexibility index (Phi) is 5.58. The number of nitrogens with zero attached hydrogens (tertiary/aromatic N) is 4. The second-order valence-corrected chi connectivity index (χ2v) is 12.5. The molecule has 4 aromatic rings. The lowest BCUT2D eigenvalue weighted by atomic mass is 9.63. The number of carboxylic acid groups (broad SMARTS) is 1. The molecular weight excluding hydrogens is 543 g/mol. The average Bonchev–Trinajstić information content (AvgIpc) is 3.47. The van der Waals surface area contributed by atoms with Crippen molar-refractivity contribution in [1.29, 1.82) is 0 Å². The number of piperidine rings is 1. The first kappa shape index (κ1) is 24.1. The summed E-state index contributed by atoms with van der Waals surface area (Å²) in [7, 11) is 0. The predicted molar refractivity (Wildman–Crippen MR) is 150 cm³/mol. The number of aryl methyl sites for hydroxylation is 1. The van der Waals surface area contributed by atoms with Gasteiger partial charge >= 0.3 is 5.97 Å². The number of halogens is 2. The maximum Gasteiger partial charge on any atom is 0.335 e. The third kappa shape index (κ3) is 3.92. The molecule has 0 radical (unpaired) electrons. The van der Waals surface area contributed by atoms with Crippen LogP contribution >= 0.6 is 34.5 Å². The highest BCUT2D eigenvalue weighted by molar-refractivity contribution is 7.22. The van der Waals surface area contributed by atoms with Gasteiger partial charge in [0.15, 0.2) is 5.13 Å². The molecule has 2 fully saturated rings. The Morgan fingerprint density at radius 3 is 2.53 bits per heavy atom. The van der Waals surface area contributed by atoms with E-state index in [-0.39, 0.29) is 5.41 Å². The van der Waals surface area contributed by atoms with Crippen molar-refractivity contribution < 1.29 is 14.4 Å². The van der Waals surface area contributed by atoms with Gasteiger partial charge in [0.05, 0.1) is 25.8 Å². The molecule has 1 aromatic carbocycles. The van der Waals surface area contributed by atoms with Crippen LogP contribution in [0.5, 0.6) is 0 Å². The summed E-state index contributed by atoms with van der Waals surface area (Å²) in [4.78, 5) is 22.8. The van der Waals surface area contributed by atoms with Gasteiger partial charge in [-0.25, -0.2) is 9.78 Å². The first-order valence-corrected chi connectivity index (χ1v) is 14.3. The number of hydrogen-bond acceptors (Lipinski definition) is 7. The maximum absolute atomic E-state index is 11.5. The number of hydrogen-bond donors (Lipinski definition) is 1. The van der Waals surface area contributed by atoms with Crippen molar-refractivity contribution in [3.8, 4) is 11.3 Å². The van der Waals surface area contributed by atoms with Crippen molar-refractivity contribution in [2.45, 2.75) is 44.9 Å². The van der Waals surface area contributed by atoms with E-state index in [1.54, 1.807) is 35.9 Å². The van der Waals surface area contributed by atoms with Crippen molar-refractivity contribution in [3.05, 3.63) is 63.1 Å².